The molecule has 0 amide bonds. The van der Waals surface area contributed by atoms with Gasteiger partial charge in [0.15, 0.2) is 0 Å². The molecule has 71 valence electrons. The molecule has 0 aliphatic carbocycles. The van der Waals surface area contributed by atoms with Crippen molar-refractivity contribution in [2.45, 2.75) is 0 Å². The number of carbonyl (C=O) groups is 2. The molecular weight excluding hydrogens is 301 g/mol. The Morgan fingerprint density at radius 1 is 1.18 bits per heavy atom. The summed E-state index contributed by atoms with van der Waals surface area (Å²) in [6, 6.07) is 0. The van der Waals surface area contributed by atoms with Crippen LogP contribution in [-0.4, -0.2) is 22.2 Å². The van der Waals surface area contributed by atoms with Crippen LogP contribution in [0, 0.1) is 10.1 Å². The summed E-state index contributed by atoms with van der Waals surface area (Å²) in [4.78, 5) is 26.2. The number of nitrogens with zero attached hydrogens (tertiary/aromatic N) is 1. The topological polar surface area (TPSA) is 127 Å². The molecule has 9 heteroatoms. The zero-order chi connectivity index (χ0) is 7.86. The van der Waals surface area contributed by atoms with Crippen molar-refractivity contribution >= 4 is 11.9 Å². The smallest absolute Gasteiger partial charge is 0.473 e. The van der Waals surface area contributed by atoms with Crippen LogP contribution in [-0.2, 0) is 48.7 Å². The van der Waals surface area contributed by atoms with Crippen LogP contribution in [0.5, 0.6) is 0 Å². The number of carboxylic acids is 2. The van der Waals surface area contributed by atoms with Gasteiger partial charge in [-0.15, -0.1) is 5.34 Å². The Kier molecular flexibility index (Phi) is 33.2. The molecule has 0 fully saturated rings. The normalized spacial score (nSPS) is 5.09. The fourth-order valence-electron chi connectivity index (χ4n) is 0. The van der Waals surface area contributed by atoms with E-state index in [4.69, 9.17) is 29.9 Å². The third-order valence-corrected chi connectivity index (χ3v) is 0.183. The average Bonchev–Trinajstić information content (AvgIpc) is 1.68. The van der Waals surface area contributed by atoms with E-state index in [9.17, 15) is 0 Å². The Morgan fingerprint density at radius 3 is 1.27 bits per heavy atom. The molecule has 0 bridgehead atoms. The predicted octanol–water partition coefficient (Wildman–Crippen LogP) is -0.599. The molecule has 1 radical (unpaired) electrons. The van der Waals surface area contributed by atoms with Gasteiger partial charge in [0.25, 0.3) is 0 Å². The van der Waals surface area contributed by atoms with E-state index in [2.05, 4.69) is 0 Å². The molecule has 11 heavy (non-hydrogen) atoms. The van der Waals surface area contributed by atoms with Crippen molar-refractivity contribution in [2.24, 2.45) is 5.34 Å². The predicted molar refractivity (Wildman–Crippen MR) is 24.4 cm³/mol. The van der Waals surface area contributed by atoms with E-state index in [1.165, 1.54) is 0 Å². The molecule has 0 aliphatic rings. The first kappa shape index (κ1) is 22.4. The van der Waals surface area contributed by atoms with E-state index in [0.29, 0.717) is 0 Å². The Labute approximate surface area is 86.4 Å². The molecule has 0 saturated heterocycles. The van der Waals surface area contributed by atoms with Crippen LogP contribution in [0.25, 0.3) is 0 Å². The summed E-state index contributed by atoms with van der Waals surface area (Å²) in [5, 5.41) is 23.8. The number of hydrogen-bond acceptors (Lipinski definition) is 5. The third-order valence-electron chi connectivity index (χ3n) is 0.183. The zero-order valence-electron chi connectivity index (χ0n) is 4.61. The maximum atomic E-state index is 9.10. The summed E-state index contributed by atoms with van der Waals surface area (Å²) < 4.78 is 0. The second-order valence-corrected chi connectivity index (χ2v) is 0.685. The van der Waals surface area contributed by atoms with E-state index in [0.717, 1.165) is 5.34 Å². The molecule has 0 aromatic rings. The maximum absolute atomic E-state index is 9.10. The molecule has 0 unspecified atom stereocenters. The summed E-state index contributed by atoms with van der Waals surface area (Å²) >= 11 is 0. The van der Waals surface area contributed by atoms with Crippen LogP contribution >= 0.6 is 0 Å². The minimum absolute atomic E-state index is 0. The van der Waals surface area contributed by atoms with Gasteiger partial charge in [0.1, 0.15) is 0 Å². The number of carboxylic acid groups (broad SMARTS) is 2. The SMILES string of the molecule is O=C(O)C(=O)O.O=N[O-].[Ag+].[Co]. The first-order valence-electron chi connectivity index (χ1n) is 1.47. The Balaban J connectivity index is -0.0000000437. The fraction of sp³-hybridized carbons (Fsp3) is 0. The van der Waals surface area contributed by atoms with Gasteiger partial charge in [-0.3, -0.25) is 0 Å². The van der Waals surface area contributed by atoms with Crippen LogP contribution in [0.15, 0.2) is 5.34 Å². The van der Waals surface area contributed by atoms with E-state index in [1.54, 1.807) is 0 Å². The van der Waals surface area contributed by atoms with Crippen molar-refractivity contribution in [3.63, 3.8) is 0 Å². The van der Waals surface area contributed by atoms with Crippen molar-refractivity contribution < 1.29 is 59.0 Å². The molecule has 0 spiro atoms. The second kappa shape index (κ2) is 16.3. The molecule has 0 heterocycles. The monoisotopic (exact) mass is 302 g/mol. The van der Waals surface area contributed by atoms with Gasteiger partial charge >= 0.3 is 34.3 Å². The fourth-order valence-corrected chi connectivity index (χ4v) is 0. The Hall–Kier alpha value is -0.413. The van der Waals surface area contributed by atoms with Crippen molar-refractivity contribution in [3.8, 4) is 0 Å². The zero-order valence-corrected chi connectivity index (χ0v) is 7.13. The molecule has 7 nitrogen and oxygen atoms in total. The molecule has 0 atom stereocenters. The minimum Gasteiger partial charge on any atom is -0.473 e. The standard InChI is InChI=1S/C2H2O4.Ag.Co.HNO2/c3-1(4)2(5)6;;;2-1-3/h(H,3,4)(H,5,6);;;(H,2,3)/q;+1;;/p-1. The van der Waals surface area contributed by atoms with Gasteiger partial charge < -0.3 is 20.3 Å². The van der Waals surface area contributed by atoms with Crippen LogP contribution < -0.4 is 0 Å². The Morgan fingerprint density at radius 2 is 1.27 bits per heavy atom. The molecule has 0 aromatic carbocycles. The van der Waals surface area contributed by atoms with Crippen molar-refractivity contribution in [3.05, 3.63) is 10.1 Å². The van der Waals surface area contributed by atoms with Crippen LogP contribution in [0.4, 0.5) is 0 Å². The van der Waals surface area contributed by atoms with Gasteiger partial charge in [-0.1, -0.05) is 0 Å². The van der Waals surface area contributed by atoms with E-state index in [-0.39, 0.29) is 39.2 Å². The minimum atomic E-state index is -1.82. The van der Waals surface area contributed by atoms with Crippen molar-refractivity contribution in [2.75, 3.05) is 0 Å². The van der Waals surface area contributed by atoms with Gasteiger partial charge in [0.05, 0.1) is 0 Å². The molecule has 0 rings (SSSR count). The number of hydrogen-bond donors (Lipinski definition) is 2. The van der Waals surface area contributed by atoms with Gasteiger partial charge in [-0.25, -0.2) is 9.59 Å². The maximum Gasteiger partial charge on any atom is 1.00 e. The number of rotatable bonds is 0. The summed E-state index contributed by atoms with van der Waals surface area (Å²) in [5.74, 6) is -3.65. The molecule has 0 saturated carbocycles. The summed E-state index contributed by atoms with van der Waals surface area (Å²) in [6.45, 7) is 0. The van der Waals surface area contributed by atoms with E-state index in [1.807, 2.05) is 0 Å². The summed E-state index contributed by atoms with van der Waals surface area (Å²) in [5.41, 5.74) is 0. The summed E-state index contributed by atoms with van der Waals surface area (Å²) in [6.07, 6.45) is 0. The largest absolute Gasteiger partial charge is 1.00 e. The van der Waals surface area contributed by atoms with Crippen molar-refractivity contribution in [1.82, 2.24) is 0 Å². The van der Waals surface area contributed by atoms with Crippen molar-refractivity contribution in [1.29, 1.82) is 0 Å². The first-order chi connectivity index (χ1) is 4.06. The van der Waals surface area contributed by atoms with Gasteiger partial charge in [0, 0.05) is 16.8 Å². The molecular formula is C2H2AgCoNO6. The Bertz CT molecular complexity index is 116. The van der Waals surface area contributed by atoms with Gasteiger partial charge in [0.2, 0.25) is 0 Å². The van der Waals surface area contributed by atoms with Crippen LogP contribution in [0.3, 0.4) is 0 Å². The van der Waals surface area contributed by atoms with Gasteiger partial charge in [-0.2, -0.15) is 0 Å². The average molecular weight is 303 g/mol. The van der Waals surface area contributed by atoms with Crippen LogP contribution in [0.2, 0.25) is 0 Å². The molecule has 2 N–H and O–H groups in total. The summed E-state index contributed by atoms with van der Waals surface area (Å²) in [7, 11) is 0. The molecule has 0 aliphatic heterocycles. The number of aliphatic carboxylic acids is 2. The quantitative estimate of drug-likeness (QED) is 0.266. The van der Waals surface area contributed by atoms with E-state index >= 15 is 0 Å². The first-order valence-corrected chi connectivity index (χ1v) is 1.47. The van der Waals surface area contributed by atoms with Crippen LogP contribution in [0.1, 0.15) is 0 Å². The third kappa shape index (κ3) is 42.9. The molecule has 0 aromatic heterocycles. The van der Waals surface area contributed by atoms with E-state index < -0.39 is 11.9 Å². The van der Waals surface area contributed by atoms with Gasteiger partial charge in [-0.05, 0) is 0 Å². The second-order valence-electron chi connectivity index (χ2n) is 0.685.